The second-order valence-corrected chi connectivity index (χ2v) is 5.06. The van der Waals surface area contributed by atoms with Gasteiger partial charge in [-0.3, -0.25) is 4.79 Å². The molecule has 2 aromatic carbocycles. The van der Waals surface area contributed by atoms with Crippen molar-refractivity contribution >= 4 is 12.1 Å². The molecule has 3 nitrogen and oxygen atoms in total. The van der Waals surface area contributed by atoms with Crippen LogP contribution in [-0.4, -0.2) is 12.6 Å². The van der Waals surface area contributed by atoms with Gasteiger partial charge in [0.1, 0.15) is 6.17 Å². The lowest BCUT2D eigenvalue weighted by molar-refractivity contribution is -0.110. The molecule has 2 atom stereocenters. The van der Waals surface area contributed by atoms with Crippen molar-refractivity contribution < 1.29 is 4.79 Å². The van der Waals surface area contributed by atoms with Crippen molar-refractivity contribution in [2.75, 3.05) is 5.32 Å². The van der Waals surface area contributed by atoms with Gasteiger partial charge >= 0.3 is 0 Å². The predicted molar refractivity (Wildman–Crippen MR) is 79.6 cm³/mol. The number of nitrogens with one attached hydrogen (secondary N) is 1. The maximum Gasteiger partial charge on any atom is 0.230 e. The average Bonchev–Trinajstić information content (AvgIpc) is 2.68. The summed E-state index contributed by atoms with van der Waals surface area (Å²) in [5, 5.41) is 7.52. The predicted octanol–water partition coefficient (Wildman–Crippen LogP) is 2.92. The fraction of sp³-hybridized carbons (Fsp3) is 0.235. The molecule has 1 N–H and O–H groups in total. The zero-order valence-electron chi connectivity index (χ0n) is 11.2. The molecule has 0 aliphatic carbocycles. The molecule has 0 bridgehead atoms. The van der Waals surface area contributed by atoms with Crippen LogP contribution < -0.4 is 10.6 Å². The van der Waals surface area contributed by atoms with Gasteiger partial charge in [-0.1, -0.05) is 48.5 Å². The van der Waals surface area contributed by atoms with Gasteiger partial charge < -0.3 is 5.32 Å². The van der Waals surface area contributed by atoms with E-state index in [-0.39, 0.29) is 12.1 Å². The highest BCUT2D eigenvalue weighted by atomic mass is 16.1. The molecule has 0 fully saturated rings. The van der Waals surface area contributed by atoms with Gasteiger partial charge in [-0.05, 0) is 30.0 Å². The summed E-state index contributed by atoms with van der Waals surface area (Å²) in [6.45, 7) is 0. The van der Waals surface area contributed by atoms with E-state index in [1.807, 2.05) is 24.3 Å². The zero-order chi connectivity index (χ0) is 13.8. The Kier molecular flexibility index (Phi) is 3.68. The number of amides is 1. The lowest BCUT2D eigenvalue weighted by atomic mass is 9.91. The van der Waals surface area contributed by atoms with Crippen molar-refractivity contribution in [3.05, 3.63) is 65.7 Å². The number of benzene rings is 2. The third kappa shape index (κ3) is 2.52. The number of carbonyl (C=O) groups is 1. The molecule has 3 rings (SSSR count). The topological polar surface area (TPSA) is 43.2 Å². The highest BCUT2D eigenvalue weighted by molar-refractivity contribution is 5.56. The van der Waals surface area contributed by atoms with Crippen LogP contribution in [0.5, 0.6) is 0 Å². The summed E-state index contributed by atoms with van der Waals surface area (Å²) in [6.07, 6.45) is 2.43. The van der Waals surface area contributed by atoms with Crippen molar-refractivity contribution in [2.24, 2.45) is 0 Å². The summed E-state index contributed by atoms with van der Waals surface area (Å²) in [5.41, 5.74) is 3.60. The number of fused-ring (bicyclic) bond motifs is 1. The van der Waals surface area contributed by atoms with E-state index < -0.39 is 0 Å². The summed E-state index contributed by atoms with van der Waals surface area (Å²) in [6, 6.07) is 18.5. The molecule has 2 aromatic rings. The van der Waals surface area contributed by atoms with Crippen LogP contribution in [0.2, 0.25) is 0 Å². The normalized spacial score (nSPS) is 21.2. The third-order valence-electron chi connectivity index (χ3n) is 3.88. The molecular weight excluding hydrogens is 248 g/mol. The molecule has 1 radical (unpaired) electrons. The Morgan fingerprint density at radius 3 is 2.60 bits per heavy atom. The summed E-state index contributed by atoms with van der Waals surface area (Å²) in [5.74, 6) is 0.216. The molecule has 1 aliphatic heterocycles. The van der Waals surface area contributed by atoms with Gasteiger partial charge in [0.05, 0.1) is 0 Å². The van der Waals surface area contributed by atoms with Crippen LogP contribution in [0.3, 0.4) is 0 Å². The third-order valence-corrected chi connectivity index (χ3v) is 3.88. The van der Waals surface area contributed by atoms with E-state index in [1.54, 1.807) is 0 Å². The van der Waals surface area contributed by atoms with Crippen LogP contribution in [0, 0.1) is 0 Å². The molecule has 1 aliphatic rings. The molecule has 0 aromatic heterocycles. The Balaban J connectivity index is 1.93. The smallest absolute Gasteiger partial charge is 0.230 e. The quantitative estimate of drug-likeness (QED) is 0.867. The first-order valence-electron chi connectivity index (χ1n) is 6.91. The Bertz CT molecular complexity index is 583. The maximum absolute atomic E-state index is 10.9. The first kappa shape index (κ1) is 12.7. The summed E-state index contributed by atoms with van der Waals surface area (Å²) in [4.78, 5) is 10.9. The number of para-hydroxylation sites is 1. The summed E-state index contributed by atoms with van der Waals surface area (Å²) >= 11 is 0. The Labute approximate surface area is 119 Å². The molecule has 1 heterocycles. The van der Waals surface area contributed by atoms with E-state index in [9.17, 15) is 4.79 Å². The number of hydrogen-bond donors (Lipinski definition) is 1. The van der Waals surface area contributed by atoms with E-state index in [1.165, 1.54) is 11.1 Å². The largest absolute Gasteiger partial charge is 0.363 e. The van der Waals surface area contributed by atoms with Crippen LogP contribution in [-0.2, 0) is 11.2 Å². The molecule has 0 saturated heterocycles. The van der Waals surface area contributed by atoms with Crippen molar-refractivity contribution in [1.29, 1.82) is 0 Å². The second kappa shape index (κ2) is 5.78. The number of rotatable bonds is 3. The SMILES string of the molecule is O=C[N]C1Nc2ccccc2CCC1c1ccccc1. The van der Waals surface area contributed by atoms with Gasteiger partial charge in [-0.15, -0.1) is 0 Å². The van der Waals surface area contributed by atoms with Crippen molar-refractivity contribution in [1.82, 2.24) is 5.32 Å². The fourth-order valence-corrected chi connectivity index (χ4v) is 2.86. The van der Waals surface area contributed by atoms with E-state index in [0.29, 0.717) is 6.41 Å². The number of anilines is 1. The minimum Gasteiger partial charge on any atom is -0.363 e. The standard InChI is InChI=1S/C17H17N2O/c20-12-18-17-15(13-6-2-1-3-7-13)11-10-14-8-4-5-9-16(14)19-17/h1-9,12,15,17,19H,10-11H2. The molecule has 3 heteroatoms. The molecule has 2 unspecified atom stereocenters. The van der Waals surface area contributed by atoms with Crippen molar-refractivity contribution in [3.63, 3.8) is 0 Å². The second-order valence-electron chi connectivity index (χ2n) is 5.06. The van der Waals surface area contributed by atoms with E-state index >= 15 is 0 Å². The number of carbonyl (C=O) groups excluding carboxylic acids is 1. The Morgan fingerprint density at radius 1 is 1.05 bits per heavy atom. The van der Waals surface area contributed by atoms with E-state index in [0.717, 1.165) is 18.5 Å². The van der Waals surface area contributed by atoms with E-state index in [4.69, 9.17) is 0 Å². The van der Waals surface area contributed by atoms with Crippen LogP contribution in [0.4, 0.5) is 5.69 Å². The lowest BCUT2D eigenvalue weighted by Gasteiger charge is -2.24. The molecular formula is C17H17N2O. The first-order valence-corrected chi connectivity index (χ1v) is 6.91. The first-order chi connectivity index (χ1) is 9.88. The minimum atomic E-state index is -0.196. The average molecular weight is 265 g/mol. The van der Waals surface area contributed by atoms with E-state index in [2.05, 4.69) is 41.0 Å². The minimum absolute atomic E-state index is 0.196. The summed E-state index contributed by atoms with van der Waals surface area (Å²) in [7, 11) is 0. The van der Waals surface area contributed by atoms with Crippen molar-refractivity contribution in [3.8, 4) is 0 Å². The molecule has 1 amide bonds. The van der Waals surface area contributed by atoms with Crippen LogP contribution in [0.1, 0.15) is 23.5 Å². The van der Waals surface area contributed by atoms with Gasteiger partial charge in [0.25, 0.3) is 0 Å². The van der Waals surface area contributed by atoms with Crippen LogP contribution >= 0.6 is 0 Å². The number of hydrogen-bond acceptors (Lipinski definition) is 2. The maximum atomic E-state index is 10.9. The monoisotopic (exact) mass is 265 g/mol. The van der Waals surface area contributed by atoms with Crippen LogP contribution in [0.25, 0.3) is 0 Å². The van der Waals surface area contributed by atoms with Gasteiger partial charge in [-0.25, -0.2) is 5.32 Å². The fourth-order valence-electron chi connectivity index (χ4n) is 2.86. The van der Waals surface area contributed by atoms with Gasteiger partial charge in [0, 0.05) is 11.6 Å². The van der Waals surface area contributed by atoms with Crippen LogP contribution in [0.15, 0.2) is 54.6 Å². The van der Waals surface area contributed by atoms with Gasteiger partial charge in [0.15, 0.2) is 0 Å². The van der Waals surface area contributed by atoms with Gasteiger partial charge in [-0.2, -0.15) is 0 Å². The highest BCUT2D eigenvalue weighted by Crippen LogP contribution is 2.32. The van der Waals surface area contributed by atoms with Gasteiger partial charge in [0.2, 0.25) is 6.41 Å². The highest BCUT2D eigenvalue weighted by Gasteiger charge is 2.27. The molecule has 0 saturated carbocycles. The summed E-state index contributed by atoms with van der Waals surface area (Å²) < 4.78 is 0. The number of nitrogens with zero attached hydrogens (tertiary/aromatic N) is 1. The Hall–Kier alpha value is -2.29. The molecule has 101 valence electrons. The molecule has 0 spiro atoms. The lowest BCUT2D eigenvalue weighted by Crippen LogP contribution is -2.35. The Morgan fingerprint density at radius 2 is 1.80 bits per heavy atom. The number of aryl methyl sites for hydroxylation is 1. The zero-order valence-corrected chi connectivity index (χ0v) is 11.2. The molecule has 20 heavy (non-hydrogen) atoms. The van der Waals surface area contributed by atoms with Crippen molar-refractivity contribution in [2.45, 2.75) is 24.9 Å².